The van der Waals surface area contributed by atoms with E-state index in [-0.39, 0.29) is 0 Å². The summed E-state index contributed by atoms with van der Waals surface area (Å²) >= 11 is 6.22. The van der Waals surface area contributed by atoms with Crippen molar-refractivity contribution in [2.45, 2.75) is 32.2 Å². The summed E-state index contributed by atoms with van der Waals surface area (Å²) in [5, 5.41) is 4.44. The van der Waals surface area contributed by atoms with Crippen molar-refractivity contribution in [1.29, 1.82) is 0 Å². The lowest BCUT2D eigenvalue weighted by atomic mass is 9.94. The first-order valence-electron chi connectivity index (χ1n) is 5.27. The molecule has 76 valence electrons. The van der Waals surface area contributed by atoms with Gasteiger partial charge in [0.05, 0.1) is 0 Å². The van der Waals surface area contributed by atoms with Crippen LogP contribution < -0.4 is 5.32 Å². The quantitative estimate of drug-likeness (QED) is 0.747. The smallest absolute Gasteiger partial charge is 0.0456 e. The van der Waals surface area contributed by atoms with E-state index < -0.39 is 0 Å². The molecule has 1 aliphatic heterocycles. The summed E-state index contributed by atoms with van der Waals surface area (Å²) in [6.45, 7) is 3.26. The summed E-state index contributed by atoms with van der Waals surface area (Å²) < 4.78 is 0. The molecule has 1 aromatic rings. The molecule has 2 heteroatoms. The van der Waals surface area contributed by atoms with Crippen molar-refractivity contribution in [3.05, 3.63) is 34.3 Å². The van der Waals surface area contributed by atoms with E-state index in [4.69, 9.17) is 11.6 Å². The van der Waals surface area contributed by atoms with Gasteiger partial charge in [-0.25, -0.2) is 0 Å². The molecule has 1 fully saturated rings. The van der Waals surface area contributed by atoms with Gasteiger partial charge < -0.3 is 5.32 Å². The summed E-state index contributed by atoms with van der Waals surface area (Å²) in [4.78, 5) is 0. The predicted molar refractivity (Wildman–Crippen MR) is 60.8 cm³/mol. The third kappa shape index (κ3) is 1.94. The van der Waals surface area contributed by atoms with Crippen molar-refractivity contribution in [1.82, 2.24) is 5.32 Å². The van der Waals surface area contributed by atoms with Crippen LogP contribution in [0, 0.1) is 6.92 Å². The Kier molecular flexibility index (Phi) is 3.09. The second kappa shape index (κ2) is 4.33. The Morgan fingerprint density at radius 3 is 2.86 bits per heavy atom. The van der Waals surface area contributed by atoms with Crippen LogP contribution in [0.15, 0.2) is 18.2 Å². The summed E-state index contributed by atoms with van der Waals surface area (Å²) in [6, 6.07) is 6.61. The van der Waals surface area contributed by atoms with E-state index in [1.807, 2.05) is 12.1 Å². The van der Waals surface area contributed by atoms with Gasteiger partial charge in [-0.15, -0.1) is 0 Å². The summed E-state index contributed by atoms with van der Waals surface area (Å²) in [5.41, 5.74) is 2.60. The molecule has 0 radical (unpaired) electrons. The van der Waals surface area contributed by atoms with Crippen LogP contribution in [-0.2, 0) is 0 Å². The molecule has 1 nitrogen and oxygen atoms in total. The van der Waals surface area contributed by atoms with Gasteiger partial charge in [0.25, 0.3) is 0 Å². The van der Waals surface area contributed by atoms with Crippen molar-refractivity contribution < 1.29 is 0 Å². The number of piperidine rings is 1. The average molecular weight is 210 g/mol. The Morgan fingerprint density at radius 2 is 2.21 bits per heavy atom. The molecule has 0 aliphatic carbocycles. The van der Waals surface area contributed by atoms with E-state index in [2.05, 4.69) is 18.3 Å². The van der Waals surface area contributed by atoms with Crippen LogP contribution in [0.25, 0.3) is 0 Å². The van der Waals surface area contributed by atoms with Crippen molar-refractivity contribution in [2.24, 2.45) is 0 Å². The maximum Gasteiger partial charge on any atom is 0.0456 e. The highest BCUT2D eigenvalue weighted by Crippen LogP contribution is 2.31. The SMILES string of the molecule is Cc1cccc(Cl)c1[C@@H]1CCCCN1. The molecule has 0 amide bonds. The van der Waals surface area contributed by atoms with E-state index >= 15 is 0 Å². The highest BCUT2D eigenvalue weighted by molar-refractivity contribution is 6.31. The van der Waals surface area contributed by atoms with E-state index in [1.54, 1.807) is 0 Å². The van der Waals surface area contributed by atoms with Crippen LogP contribution in [0.2, 0.25) is 5.02 Å². The zero-order valence-corrected chi connectivity index (χ0v) is 9.27. The van der Waals surface area contributed by atoms with Crippen LogP contribution in [-0.4, -0.2) is 6.54 Å². The Bertz CT molecular complexity index is 296. The molecule has 0 spiro atoms. The van der Waals surface area contributed by atoms with Crippen LogP contribution in [0.1, 0.15) is 36.4 Å². The number of benzene rings is 1. The number of hydrogen-bond acceptors (Lipinski definition) is 1. The van der Waals surface area contributed by atoms with E-state index in [1.165, 1.54) is 30.4 Å². The number of hydrogen-bond donors (Lipinski definition) is 1. The van der Waals surface area contributed by atoms with Gasteiger partial charge in [0.2, 0.25) is 0 Å². The van der Waals surface area contributed by atoms with Gasteiger partial charge in [-0.1, -0.05) is 30.2 Å². The van der Waals surface area contributed by atoms with Crippen molar-refractivity contribution >= 4 is 11.6 Å². The van der Waals surface area contributed by atoms with Gasteiger partial charge in [0, 0.05) is 11.1 Å². The van der Waals surface area contributed by atoms with Gasteiger partial charge in [0.1, 0.15) is 0 Å². The molecule has 2 rings (SSSR count). The molecule has 0 bridgehead atoms. The van der Waals surface area contributed by atoms with Crippen LogP contribution in [0.5, 0.6) is 0 Å². The number of aryl methyl sites for hydroxylation is 1. The van der Waals surface area contributed by atoms with Crippen molar-refractivity contribution in [3.8, 4) is 0 Å². The third-order valence-corrected chi connectivity index (χ3v) is 3.26. The predicted octanol–water partition coefficient (Wildman–Crippen LogP) is 3.46. The first-order valence-corrected chi connectivity index (χ1v) is 5.65. The fourth-order valence-electron chi connectivity index (χ4n) is 2.18. The first-order chi connectivity index (χ1) is 6.79. The van der Waals surface area contributed by atoms with Crippen LogP contribution in [0.4, 0.5) is 0 Å². The fraction of sp³-hybridized carbons (Fsp3) is 0.500. The standard InChI is InChI=1S/C12H16ClN/c1-9-5-4-6-10(13)12(9)11-7-2-3-8-14-11/h4-6,11,14H,2-3,7-8H2,1H3/t11-/m0/s1. The molecule has 1 N–H and O–H groups in total. The minimum Gasteiger partial charge on any atom is -0.310 e. The Hall–Kier alpha value is -0.530. The fourth-order valence-corrected chi connectivity index (χ4v) is 2.54. The third-order valence-electron chi connectivity index (χ3n) is 2.93. The van der Waals surface area contributed by atoms with Gasteiger partial charge in [-0.05, 0) is 43.5 Å². The maximum atomic E-state index is 6.22. The molecule has 1 aliphatic rings. The van der Waals surface area contributed by atoms with Gasteiger partial charge in [-0.3, -0.25) is 0 Å². The molecule has 0 unspecified atom stereocenters. The van der Waals surface area contributed by atoms with Gasteiger partial charge >= 0.3 is 0 Å². The second-order valence-corrected chi connectivity index (χ2v) is 4.38. The van der Waals surface area contributed by atoms with E-state index in [0.29, 0.717) is 6.04 Å². The lowest BCUT2D eigenvalue weighted by Crippen LogP contribution is -2.27. The molecule has 1 aromatic carbocycles. The Labute approximate surface area is 90.5 Å². The zero-order chi connectivity index (χ0) is 9.97. The highest BCUT2D eigenvalue weighted by atomic mass is 35.5. The molecule has 1 atom stereocenters. The molecule has 1 saturated heterocycles. The van der Waals surface area contributed by atoms with Crippen LogP contribution >= 0.6 is 11.6 Å². The summed E-state index contributed by atoms with van der Waals surface area (Å²) in [7, 11) is 0. The molecule has 1 heterocycles. The Morgan fingerprint density at radius 1 is 1.36 bits per heavy atom. The molecule has 14 heavy (non-hydrogen) atoms. The first kappa shape index (κ1) is 10.0. The topological polar surface area (TPSA) is 12.0 Å². The Balaban J connectivity index is 2.29. The number of rotatable bonds is 1. The summed E-state index contributed by atoms with van der Waals surface area (Å²) in [5.74, 6) is 0. The molecular formula is C12H16ClN. The second-order valence-electron chi connectivity index (χ2n) is 3.97. The lowest BCUT2D eigenvalue weighted by molar-refractivity contribution is 0.411. The lowest BCUT2D eigenvalue weighted by Gasteiger charge is -2.26. The normalized spacial score (nSPS) is 22.3. The number of nitrogens with one attached hydrogen (secondary N) is 1. The van der Waals surface area contributed by atoms with Crippen molar-refractivity contribution in [3.63, 3.8) is 0 Å². The van der Waals surface area contributed by atoms with Gasteiger partial charge in [-0.2, -0.15) is 0 Å². The zero-order valence-electron chi connectivity index (χ0n) is 8.52. The molecule has 0 saturated carbocycles. The minimum absolute atomic E-state index is 0.470. The minimum atomic E-state index is 0.470. The average Bonchev–Trinajstić information content (AvgIpc) is 2.19. The monoisotopic (exact) mass is 209 g/mol. The highest BCUT2D eigenvalue weighted by Gasteiger charge is 2.18. The van der Waals surface area contributed by atoms with Gasteiger partial charge in [0.15, 0.2) is 0 Å². The molecule has 0 aromatic heterocycles. The number of halogens is 1. The van der Waals surface area contributed by atoms with E-state index in [0.717, 1.165) is 11.6 Å². The molecular weight excluding hydrogens is 194 g/mol. The summed E-state index contributed by atoms with van der Waals surface area (Å²) in [6.07, 6.45) is 3.81. The largest absolute Gasteiger partial charge is 0.310 e. The van der Waals surface area contributed by atoms with E-state index in [9.17, 15) is 0 Å². The maximum absolute atomic E-state index is 6.22. The van der Waals surface area contributed by atoms with Crippen molar-refractivity contribution in [2.75, 3.05) is 6.54 Å². The van der Waals surface area contributed by atoms with Crippen LogP contribution in [0.3, 0.4) is 0 Å².